The quantitative estimate of drug-likeness (QED) is 0.607. The summed E-state index contributed by atoms with van der Waals surface area (Å²) in [5.41, 5.74) is 1.85. The SMILES string of the molecule is C/C=C(F)\C=C/C=C(C)CC.O=C(NC1(CO)CC1)c1cnn2ccc(N3CCCC3)nc12. The van der Waals surface area contributed by atoms with E-state index < -0.39 is 5.54 Å². The monoisotopic (exact) mass is 455 g/mol. The molecule has 0 radical (unpaired) electrons. The lowest BCUT2D eigenvalue weighted by atomic mass is 10.2. The summed E-state index contributed by atoms with van der Waals surface area (Å²) in [6, 6.07) is 1.93. The molecule has 4 rings (SSSR count). The minimum absolute atomic E-state index is 0.0234. The van der Waals surface area contributed by atoms with Gasteiger partial charge in [0.05, 0.1) is 18.3 Å². The highest BCUT2D eigenvalue weighted by molar-refractivity contribution is 6.00. The molecule has 33 heavy (non-hydrogen) atoms. The lowest BCUT2D eigenvalue weighted by molar-refractivity contribution is 0.0908. The molecule has 1 saturated carbocycles. The number of aliphatic hydroxyl groups excluding tert-OH is 1. The van der Waals surface area contributed by atoms with E-state index in [-0.39, 0.29) is 18.3 Å². The molecule has 7 nitrogen and oxygen atoms in total. The molecule has 2 N–H and O–H groups in total. The van der Waals surface area contributed by atoms with Crippen LogP contribution in [0, 0.1) is 0 Å². The van der Waals surface area contributed by atoms with Crippen LogP contribution in [0.5, 0.6) is 0 Å². The minimum Gasteiger partial charge on any atom is -0.394 e. The van der Waals surface area contributed by atoms with Gasteiger partial charge in [0, 0.05) is 19.3 Å². The van der Waals surface area contributed by atoms with E-state index >= 15 is 0 Å². The molecule has 2 fully saturated rings. The van der Waals surface area contributed by atoms with E-state index in [1.54, 1.807) is 23.7 Å². The number of aromatic nitrogens is 3. The van der Waals surface area contributed by atoms with Crippen molar-refractivity contribution in [1.82, 2.24) is 19.9 Å². The van der Waals surface area contributed by atoms with Gasteiger partial charge in [-0.05, 0) is 58.1 Å². The molecule has 1 saturated heterocycles. The van der Waals surface area contributed by atoms with Crippen molar-refractivity contribution in [3.8, 4) is 0 Å². The summed E-state index contributed by atoms with van der Waals surface area (Å²) in [7, 11) is 0. The van der Waals surface area contributed by atoms with Crippen molar-refractivity contribution in [3.63, 3.8) is 0 Å². The summed E-state index contributed by atoms with van der Waals surface area (Å²) < 4.78 is 14.0. The van der Waals surface area contributed by atoms with Crippen LogP contribution < -0.4 is 10.2 Å². The lowest BCUT2D eigenvalue weighted by Crippen LogP contribution is -2.39. The number of carbonyl (C=O) groups excluding carboxylic acids is 1. The van der Waals surface area contributed by atoms with Gasteiger partial charge in [0.25, 0.3) is 5.91 Å². The fourth-order valence-electron chi connectivity index (χ4n) is 3.44. The van der Waals surface area contributed by atoms with Crippen molar-refractivity contribution < 1.29 is 14.3 Å². The van der Waals surface area contributed by atoms with Crippen molar-refractivity contribution in [2.45, 2.75) is 58.4 Å². The van der Waals surface area contributed by atoms with Crippen LogP contribution in [-0.2, 0) is 0 Å². The van der Waals surface area contributed by atoms with Gasteiger partial charge in [-0.15, -0.1) is 0 Å². The Morgan fingerprint density at radius 2 is 2.06 bits per heavy atom. The molecule has 0 spiro atoms. The maximum Gasteiger partial charge on any atom is 0.257 e. The van der Waals surface area contributed by atoms with Gasteiger partial charge in [0.2, 0.25) is 0 Å². The molecule has 0 bridgehead atoms. The maximum atomic E-state index is 12.4. The predicted octanol–water partition coefficient (Wildman–Crippen LogP) is 4.36. The van der Waals surface area contributed by atoms with Crippen LogP contribution >= 0.6 is 0 Å². The third-order valence-corrected chi connectivity index (χ3v) is 6.03. The second kappa shape index (κ2) is 11.2. The Labute approximate surface area is 194 Å². The molecular formula is C25H34FN5O2. The zero-order chi connectivity index (χ0) is 23.8. The summed E-state index contributed by atoms with van der Waals surface area (Å²) in [5.74, 6) is 0.487. The normalized spacial score (nSPS) is 17.9. The molecule has 0 aromatic carbocycles. The van der Waals surface area contributed by atoms with Crippen LogP contribution in [0.2, 0.25) is 0 Å². The fraction of sp³-hybridized carbons (Fsp3) is 0.480. The number of nitrogens with one attached hydrogen (secondary N) is 1. The number of amides is 1. The number of aliphatic hydroxyl groups is 1. The molecule has 1 amide bonds. The van der Waals surface area contributed by atoms with Crippen LogP contribution in [0.15, 0.2) is 54.2 Å². The van der Waals surface area contributed by atoms with Crippen LogP contribution in [-0.4, -0.2) is 50.8 Å². The highest BCUT2D eigenvalue weighted by atomic mass is 19.1. The van der Waals surface area contributed by atoms with Gasteiger partial charge in [0.15, 0.2) is 5.65 Å². The van der Waals surface area contributed by atoms with E-state index in [1.807, 2.05) is 25.3 Å². The van der Waals surface area contributed by atoms with Crippen LogP contribution in [0.3, 0.4) is 0 Å². The highest BCUT2D eigenvalue weighted by Crippen LogP contribution is 2.35. The second-order valence-corrected chi connectivity index (χ2v) is 8.60. The fourth-order valence-corrected chi connectivity index (χ4v) is 3.44. The third kappa shape index (κ3) is 6.51. The number of anilines is 1. The third-order valence-electron chi connectivity index (χ3n) is 6.03. The first-order valence-electron chi connectivity index (χ1n) is 11.6. The molecule has 2 aromatic rings. The van der Waals surface area contributed by atoms with Gasteiger partial charge in [-0.1, -0.05) is 30.7 Å². The van der Waals surface area contributed by atoms with E-state index in [2.05, 4.69) is 27.2 Å². The summed E-state index contributed by atoms with van der Waals surface area (Å²) in [4.78, 5) is 19.3. The van der Waals surface area contributed by atoms with Crippen LogP contribution in [0.25, 0.3) is 5.65 Å². The smallest absolute Gasteiger partial charge is 0.257 e. The topological polar surface area (TPSA) is 82.8 Å². The van der Waals surface area contributed by atoms with Gasteiger partial charge in [-0.3, -0.25) is 4.79 Å². The summed E-state index contributed by atoms with van der Waals surface area (Å²) >= 11 is 0. The first kappa shape index (κ1) is 24.6. The van der Waals surface area contributed by atoms with E-state index in [0.717, 1.165) is 38.2 Å². The first-order chi connectivity index (χ1) is 15.9. The van der Waals surface area contributed by atoms with E-state index in [0.29, 0.717) is 11.2 Å². The van der Waals surface area contributed by atoms with Crippen molar-refractivity contribution >= 4 is 17.4 Å². The Morgan fingerprint density at radius 1 is 1.33 bits per heavy atom. The maximum absolute atomic E-state index is 12.4. The molecule has 2 aliphatic rings. The predicted molar refractivity (Wildman–Crippen MR) is 129 cm³/mol. The van der Waals surface area contributed by atoms with Gasteiger partial charge >= 0.3 is 0 Å². The molecule has 1 aliphatic heterocycles. The number of hydrogen-bond acceptors (Lipinski definition) is 5. The summed E-state index contributed by atoms with van der Waals surface area (Å²) in [6.07, 6.45) is 14.9. The average Bonchev–Trinajstić information content (AvgIpc) is 3.21. The first-order valence-corrected chi connectivity index (χ1v) is 11.6. The molecule has 0 unspecified atom stereocenters. The summed E-state index contributed by atoms with van der Waals surface area (Å²) in [6.45, 7) is 7.77. The minimum atomic E-state index is -0.433. The van der Waals surface area contributed by atoms with Gasteiger partial charge in [0.1, 0.15) is 17.2 Å². The number of allylic oxidation sites excluding steroid dienone is 6. The van der Waals surface area contributed by atoms with Crippen molar-refractivity contribution in [3.05, 3.63) is 59.7 Å². The lowest BCUT2D eigenvalue weighted by Gasteiger charge is -2.16. The Kier molecular flexibility index (Phi) is 8.38. The standard InChI is InChI=1S/C15H19N5O2.C10H15F/c21-10-15(4-5-15)18-14(22)11-9-16-20-8-3-12(17-13(11)20)19-6-1-2-7-19;1-4-9(3)7-6-8-10(11)5-2/h3,8-9,21H,1-2,4-7,10H2,(H,18,22);5-8H,4H2,1-3H3/b;8-6-,9-7?,10-5+. The molecule has 3 heterocycles. The van der Waals surface area contributed by atoms with Crippen LogP contribution in [0.1, 0.15) is 63.2 Å². The Hall–Kier alpha value is -3.00. The Morgan fingerprint density at radius 3 is 2.67 bits per heavy atom. The molecular weight excluding hydrogens is 421 g/mol. The molecule has 0 atom stereocenters. The molecule has 2 aromatic heterocycles. The Balaban J connectivity index is 0.000000239. The van der Waals surface area contributed by atoms with Crippen molar-refractivity contribution in [2.75, 3.05) is 24.6 Å². The molecule has 1 aliphatic carbocycles. The van der Waals surface area contributed by atoms with Gasteiger partial charge in [-0.2, -0.15) is 5.10 Å². The summed E-state index contributed by atoms with van der Waals surface area (Å²) in [5, 5.41) is 16.4. The van der Waals surface area contributed by atoms with E-state index in [9.17, 15) is 14.3 Å². The Bertz CT molecular complexity index is 1050. The number of rotatable bonds is 7. The van der Waals surface area contributed by atoms with E-state index in [4.69, 9.17) is 0 Å². The van der Waals surface area contributed by atoms with Gasteiger partial charge in [-0.25, -0.2) is 13.9 Å². The molecule has 178 valence electrons. The van der Waals surface area contributed by atoms with Crippen LogP contribution in [0.4, 0.5) is 10.2 Å². The number of hydrogen-bond donors (Lipinski definition) is 2. The highest BCUT2D eigenvalue weighted by Gasteiger charge is 2.43. The second-order valence-electron chi connectivity index (χ2n) is 8.60. The van der Waals surface area contributed by atoms with Gasteiger partial charge < -0.3 is 15.3 Å². The number of carbonyl (C=O) groups is 1. The zero-order valence-electron chi connectivity index (χ0n) is 19.7. The average molecular weight is 456 g/mol. The number of halogens is 1. The van der Waals surface area contributed by atoms with Crippen molar-refractivity contribution in [2.24, 2.45) is 0 Å². The van der Waals surface area contributed by atoms with Crippen molar-refractivity contribution in [1.29, 1.82) is 0 Å². The largest absolute Gasteiger partial charge is 0.394 e. The number of nitrogens with zero attached hydrogens (tertiary/aromatic N) is 4. The van der Waals surface area contributed by atoms with E-state index in [1.165, 1.54) is 30.6 Å². The number of fused-ring (bicyclic) bond motifs is 1. The molecule has 8 heteroatoms. The zero-order valence-corrected chi connectivity index (χ0v) is 19.7.